The molecule has 0 saturated carbocycles. The molecule has 0 bridgehead atoms. The molecule has 2 aromatic rings. The Morgan fingerprint density at radius 3 is 2.68 bits per heavy atom. The zero-order valence-corrected chi connectivity index (χ0v) is 14.8. The summed E-state index contributed by atoms with van der Waals surface area (Å²) in [5.41, 5.74) is 6.03. The third-order valence-corrected chi connectivity index (χ3v) is 4.37. The molecule has 6 heteroatoms. The summed E-state index contributed by atoms with van der Waals surface area (Å²) in [5.74, 6) is -0.183. The Kier molecular flexibility index (Phi) is 5.56. The highest BCUT2D eigenvalue weighted by molar-refractivity contribution is 6.35. The van der Waals surface area contributed by atoms with Gasteiger partial charge in [-0.3, -0.25) is 5.43 Å². The Bertz CT molecular complexity index is 792. The second-order valence-electron chi connectivity index (χ2n) is 5.69. The van der Waals surface area contributed by atoms with Gasteiger partial charge in [0.05, 0.1) is 17.3 Å². The van der Waals surface area contributed by atoms with Crippen molar-refractivity contribution in [3.8, 4) is 0 Å². The lowest BCUT2D eigenvalue weighted by Crippen LogP contribution is -2.41. The van der Waals surface area contributed by atoms with E-state index < -0.39 is 5.97 Å². The second-order valence-corrected chi connectivity index (χ2v) is 6.09. The van der Waals surface area contributed by atoms with Gasteiger partial charge in [0.15, 0.2) is 0 Å². The number of amidine groups is 1. The fraction of sp³-hybridized carbons (Fsp3) is 0.263. The number of nitrogens with one attached hydrogen (secondary N) is 1. The molecule has 1 heterocycles. The van der Waals surface area contributed by atoms with Gasteiger partial charge in [0, 0.05) is 13.1 Å². The summed E-state index contributed by atoms with van der Waals surface area (Å²) in [6, 6.07) is 15.5. The molecule has 3 rings (SSSR count). The normalized spacial score (nSPS) is 14.0. The fourth-order valence-electron chi connectivity index (χ4n) is 2.78. The first-order valence-electron chi connectivity index (χ1n) is 8.26. The lowest BCUT2D eigenvalue weighted by Gasteiger charge is -2.30. The zero-order valence-electron chi connectivity index (χ0n) is 14.0. The molecule has 0 fully saturated rings. The maximum atomic E-state index is 12.4. The van der Waals surface area contributed by atoms with Gasteiger partial charge in [-0.2, -0.15) is 0 Å². The maximum Gasteiger partial charge on any atom is 0.376 e. The van der Waals surface area contributed by atoms with Crippen LogP contribution in [0.25, 0.3) is 0 Å². The number of halogens is 1. The molecular formula is C19H20ClN3O2. The van der Waals surface area contributed by atoms with Crippen LogP contribution in [-0.2, 0) is 22.5 Å². The van der Waals surface area contributed by atoms with Crippen LogP contribution in [0.1, 0.15) is 18.1 Å². The van der Waals surface area contributed by atoms with Gasteiger partial charge in [-0.1, -0.05) is 48.0 Å². The number of ether oxygens (including phenoxy) is 1. The molecule has 0 aromatic heterocycles. The smallest absolute Gasteiger partial charge is 0.376 e. The molecule has 0 amide bonds. The second kappa shape index (κ2) is 8.03. The van der Waals surface area contributed by atoms with Crippen LogP contribution in [0.4, 0.5) is 5.69 Å². The van der Waals surface area contributed by atoms with Crippen molar-refractivity contribution in [3.05, 3.63) is 64.7 Å². The zero-order chi connectivity index (χ0) is 17.6. The molecule has 25 heavy (non-hydrogen) atoms. The number of carbonyl (C=O) groups excluding carboxylic acids is 1. The molecule has 0 aliphatic carbocycles. The van der Waals surface area contributed by atoms with E-state index in [-0.39, 0.29) is 5.84 Å². The first-order chi connectivity index (χ1) is 12.2. The summed E-state index contributed by atoms with van der Waals surface area (Å²) in [7, 11) is 0. The molecule has 0 saturated heterocycles. The van der Waals surface area contributed by atoms with Gasteiger partial charge < -0.3 is 9.64 Å². The molecule has 0 unspecified atom stereocenters. The van der Waals surface area contributed by atoms with Crippen molar-refractivity contribution in [3.63, 3.8) is 0 Å². The summed E-state index contributed by atoms with van der Waals surface area (Å²) in [6.45, 7) is 3.41. The monoisotopic (exact) mass is 357 g/mol. The van der Waals surface area contributed by atoms with Crippen LogP contribution in [-0.4, -0.2) is 29.9 Å². The van der Waals surface area contributed by atoms with Gasteiger partial charge >= 0.3 is 5.97 Å². The van der Waals surface area contributed by atoms with Gasteiger partial charge in [0.2, 0.25) is 5.84 Å². The Morgan fingerprint density at radius 1 is 1.20 bits per heavy atom. The molecular weight excluding hydrogens is 338 g/mol. The minimum absolute atomic E-state index is 0.260. The quantitative estimate of drug-likeness (QED) is 0.394. The first kappa shape index (κ1) is 17.3. The van der Waals surface area contributed by atoms with E-state index in [2.05, 4.69) is 22.7 Å². The highest BCUT2D eigenvalue weighted by Gasteiger charge is 2.25. The third kappa shape index (κ3) is 4.12. The van der Waals surface area contributed by atoms with Gasteiger partial charge in [0.1, 0.15) is 0 Å². The number of benzene rings is 2. The molecule has 1 aliphatic heterocycles. The van der Waals surface area contributed by atoms with Crippen molar-refractivity contribution in [1.82, 2.24) is 4.90 Å². The van der Waals surface area contributed by atoms with Crippen LogP contribution in [0.15, 0.2) is 53.6 Å². The van der Waals surface area contributed by atoms with E-state index >= 15 is 0 Å². The Morgan fingerprint density at radius 2 is 1.92 bits per heavy atom. The number of rotatable bonds is 3. The summed E-state index contributed by atoms with van der Waals surface area (Å²) in [5, 5.41) is 4.84. The SMILES string of the molecule is CCOC(=O)/C(=N/Nc1ccccc1Cl)N1CCc2ccccc2C1. The molecule has 1 N–H and O–H groups in total. The molecule has 0 spiro atoms. The van der Waals surface area contributed by atoms with Crippen LogP contribution in [0.2, 0.25) is 5.02 Å². The number of para-hydroxylation sites is 1. The minimum Gasteiger partial charge on any atom is -0.460 e. The van der Waals surface area contributed by atoms with Crippen molar-refractivity contribution in [2.24, 2.45) is 5.10 Å². The van der Waals surface area contributed by atoms with Gasteiger partial charge in [-0.05, 0) is 36.6 Å². The fourth-order valence-corrected chi connectivity index (χ4v) is 2.96. The molecule has 130 valence electrons. The molecule has 0 atom stereocenters. The van der Waals surface area contributed by atoms with E-state index in [1.54, 1.807) is 19.1 Å². The van der Waals surface area contributed by atoms with Crippen LogP contribution in [0.3, 0.4) is 0 Å². The maximum absolute atomic E-state index is 12.4. The predicted octanol–water partition coefficient (Wildman–Crippen LogP) is 3.69. The van der Waals surface area contributed by atoms with Crippen molar-refractivity contribution in [1.29, 1.82) is 0 Å². The van der Waals surface area contributed by atoms with Crippen molar-refractivity contribution < 1.29 is 9.53 Å². The number of esters is 1. The predicted molar refractivity (Wildman–Crippen MR) is 99.7 cm³/mol. The summed E-state index contributed by atoms with van der Waals surface area (Å²) in [4.78, 5) is 14.3. The summed E-state index contributed by atoms with van der Waals surface area (Å²) < 4.78 is 5.18. The van der Waals surface area contributed by atoms with Crippen molar-refractivity contribution in [2.75, 3.05) is 18.6 Å². The first-order valence-corrected chi connectivity index (χ1v) is 8.64. The lowest BCUT2D eigenvalue weighted by atomic mass is 10.00. The van der Waals surface area contributed by atoms with Crippen LogP contribution < -0.4 is 5.43 Å². The van der Waals surface area contributed by atoms with E-state index in [0.29, 0.717) is 30.4 Å². The third-order valence-electron chi connectivity index (χ3n) is 4.04. The lowest BCUT2D eigenvalue weighted by molar-refractivity contribution is -0.136. The van der Waals surface area contributed by atoms with Gasteiger partial charge in [0.25, 0.3) is 0 Å². The van der Waals surface area contributed by atoms with E-state index in [1.165, 1.54) is 11.1 Å². The summed E-state index contributed by atoms with van der Waals surface area (Å²) in [6.07, 6.45) is 0.862. The number of anilines is 1. The Labute approximate surface area is 152 Å². The number of hydrazone groups is 1. The number of hydrogen-bond donors (Lipinski definition) is 1. The number of fused-ring (bicyclic) bond motifs is 1. The number of carbonyl (C=O) groups is 1. The van der Waals surface area contributed by atoms with E-state index in [9.17, 15) is 4.79 Å². The molecule has 5 nitrogen and oxygen atoms in total. The molecule has 2 aromatic carbocycles. The number of nitrogens with zero attached hydrogens (tertiary/aromatic N) is 2. The van der Waals surface area contributed by atoms with Crippen LogP contribution in [0, 0.1) is 0 Å². The Hall–Kier alpha value is -2.53. The van der Waals surface area contributed by atoms with E-state index in [4.69, 9.17) is 16.3 Å². The Balaban J connectivity index is 1.84. The average Bonchev–Trinajstić information content (AvgIpc) is 2.63. The topological polar surface area (TPSA) is 53.9 Å². The standard InChI is InChI=1S/C19H20ClN3O2/c1-2-25-19(24)18(22-21-17-10-6-5-9-16(17)20)23-12-11-14-7-3-4-8-15(14)13-23/h3-10,21H,2,11-13H2,1H3/b22-18-. The van der Waals surface area contributed by atoms with Crippen LogP contribution >= 0.6 is 11.6 Å². The average molecular weight is 358 g/mol. The van der Waals surface area contributed by atoms with Crippen LogP contribution in [0.5, 0.6) is 0 Å². The van der Waals surface area contributed by atoms with E-state index in [1.807, 2.05) is 29.2 Å². The molecule has 1 aliphatic rings. The van der Waals surface area contributed by atoms with Gasteiger partial charge in [-0.25, -0.2) is 4.79 Å². The highest BCUT2D eigenvalue weighted by atomic mass is 35.5. The minimum atomic E-state index is -0.443. The summed E-state index contributed by atoms with van der Waals surface area (Å²) >= 11 is 6.14. The molecule has 0 radical (unpaired) electrons. The van der Waals surface area contributed by atoms with Crippen molar-refractivity contribution >= 4 is 29.1 Å². The van der Waals surface area contributed by atoms with Gasteiger partial charge in [-0.15, -0.1) is 5.10 Å². The number of hydrogen-bond acceptors (Lipinski definition) is 4. The largest absolute Gasteiger partial charge is 0.460 e. The van der Waals surface area contributed by atoms with Crippen molar-refractivity contribution in [2.45, 2.75) is 19.9 Å². The van der Waals surface area contributed by atoms with E-state index in [0.717, 1.165) is 6.42 Å². The highest BCUT2D eigenvalue weighted by Crippen LogP contribution is 2.22.